The Morgan fingerprint density at radius 1 is 1.48 bits per heavy atom. The van der Waals surface area contributed by atoms with Gasteiger partial charge in [0.05, 0.1) is 10.9 Å². The van der Waals surface area contributed by atoms with Gasteiger partial charge in [0.25, 0.3) is 0 Å². The maximum absolute atomic E-state index is 10.1. The second kappa shape index (κ2) is 9.86. The average Bonchev–Trinajstić information content (AvgIpc) is 3.15. The van der Waals surface area contributed by atoms with E-state index in [1.165, 1.54) is 30.6 Å². The monoisotopic (exact) mass is 443 g/mol. The highest BCUT2D eigenvalue weighted by atomic mass is 127. The van der Waals surface area contributed by atoms with Gasteiger partial charge in [-0.05, 0) is 31.4 Å². The Kier molecular flexibility index (Phi) is 8.92. The number of halogens is 2. The van der Waals surface area contributed by atoms with Crippen LogP contribution >= 0.6 is 46.9 Å². The second-order valence-electron chi connectivity index (χ2n) is 5.04. The van der Waals surface area contributed by atoms with Crippen LogP contribution in [0.1, 0.15) is 37.2 Å². The lowest BCUT2D eigenvalue weighted by atomic mass is 10.3. The number of hydrogen-bond donors (Lipinski definition) is 3. The number of guanidine groups is 1. The van der Waals surface area contributed by atoms with Crippen LogP contribution in [0.15, 0.2) is 17.1 Å². The SMILES string of the molecule is CCNC(=NCC(O)c1ccc(Cl)s1)NCCC1CC1.I. The minimum Gasteiger partial charge on any atom is -0.386 e. The van der Waals surface area contributed by atoms with Crippen molar-refractivity contribution in [2.75, 3.05) is 19.6 Å². The topological polar surface area (TPSA) is 56.7 Å². The van der Waals surface area contributed by atoms with Gasteiger partial charge in [0.2, 0.25) is 0 Å². The summed E-state index contributed by atoms with van der Waals surface area (Å²) in [6, 6.07) is 3.65. The van der Waals surface area contributed by atoms with Crippen molar-refractivity contribution < 1.29 is 5.11 Å². The van der Waals surface area contributed by atoms with Gasteiger partial charge in [0.1, 0.15) is 6.10 Å². The molecule has 3 N–H and O–H groups in total. The Hall–Kier alpha value is -0.0500. The Morgan fingerprint density at radius 2 is 2.24 bits per heavy atom. The maximum Gasteiger partial charge on any atom is 0.191 e. The van der Waals surface area contributed by atoms with Gasteiger partial charge in [0, 0.05) is 18.0 Å². The fourth-order valence-corrected chi connectivity index (χ4v) is 2.96. The summed E-state index contributed by atoms with van der Waals surface area (Å²) in [7, 11) is 0. The first-order valence-corrected chi connectivity index (χ1v) is 8.34. The van der Waals surface area contributed by atoms with Crippen LogP contribution in [0, 0.1) is 5.92 Å². The normalized spacial score (nSPS) is 16.2. The molecule has 1 saturated carbocycles. The van der Waals surface area contributed by atoms with Gasteiger partial charge in [-0.2, -0.15) is 0 Å². The van der Waals surface area contributed by atoms with E-state index < -0.39 is 6.10 Å². The molecule has 2 rings (SSSR count). The van der Waals surface area contributed by atoms with Crippen molar-refractivity contribution in [3.8, 4) is 0 Å². The number of hydrogen-bond acceptors (Lipinski definition) is 3. The zero-order valence-corrected chi connectivity index (χ0v) is 16.0. The van der Waals surface area contributed by atoms with Crippen molar-refractivity contribution in [3.63, 3.8) is 0 Å². The zero-order chi connectivity index (χ0) is 14.4. The van der Waals surface area contributed by atoms with Crippen LogP contribution in [0.25, 0.3) is 0 Å². The molecule has 1 fully saturated rings. The molecule has 1 heterocycles. The van der Waals surface area contributed by atoms with Crippen LogP contribution in [-0.2, 0) is 0 Å². The van der Waals surface area contributed by atoms with Crippen molar-refractivity contribution in [1.29, 1.82) is 0 Å². The van der Waals surface area contributed by atoms with Crippen molar-refractivity contribution in [2.45, 2.75) is 32.3 Å². The van der Waals surface area contributed by atoms with E-state index in [1.54, 1.807) is 6.07 Å². The molecule has 0 aliphatic heterocycles. The molecular weight excluding hydrogens is 421 g/mol. The first kappa shape index (κ1) is 19.0. The number of nitrogens with zero attached hydrogens (tertiary/aromatic N) is 1. The second-order valence-corrected chi connectivity index (χ2v) is 6.78. The first-order chi connectivity index (χ1) is 9.69. The van der Waals surface area contributed by atoms with Crippen molar-refractivity contribution in [2.24, 2.45) is 10.9 Å². The van der Waals surface area contributed by atoms with Gasteiger partial charge in [0.15, 0.2) is 5.96 Å². The standard InChI is InChI=1S/C14H22ClN3OS.HI/c1-2-16-14(17-8-7-10-3-4-10)18-9-11(19)12-5-6-13(15)20-12;/h5-6,10-11,19H,2-4,7-9H2,1H3,(H2,16,17,18);1H. The highest BCUT2D eigenvalue weighted by Gasteiger charge is 2.20. The van der Waals surface area contributed by atoms with Crippen molar-refractivity contribution in [3.05, 3.63) is 21.3 Å². The molecule has 0 saturated heterocycles. The molecule has 1 aliphatic carbocycles. The molecule has 0 bridgehead atoms. The average molecular weight is 444 g/mol. The Labute approximate surface area is 152 Å². The van der Waals surface area contributed by atoms with E-state index in [0.29, 0.717) is 10.9 Å². The number of rotatable bonds is 7. The van der Waals surface area contributed by atoms with Gasteiger partial charge >= 0.3 is 0 Å². The van der Waals surface area contributed by atoms with E-state index in [4.69, 9.17) is 11.6 Å². The van der Waals surface area contributed by atoms with Crippen LogP contribution in [0.4, 0.5) is 0 Å². The largest absolute Gasteiger partial charge is 0.386 e. The molecule has 1 aromatic heterocycles. The van der Waals surface area contributed by atoms with E-state index in [2.05, 4.69) is 15.6 Å². The quantitative estimate of drug-likeness (QED) is 0.344. The molecule has 7 heteroatoms. The smallest absolute Gasteiger partial charge is 0.191 e. The number of aliphatic imine (C=N–C) groups is 1. The van der Waals surface area contributed by atoms with Crippen molar-refractivity contribution in [1.82, 2.24) is 10.6 Å². The summed E-state index contributed by atoms with van der Waals surface area (Å²) in [6.45, 7) is 4.14. The first-order valence-electron chi connectivity index (χ1n) is 7.14. The van der Waals surface area contributed by atoms with E-state index in [1.807, 2.05) is 13.0 Å². The molecule has 0 amide bonds. The number of thiophene rings is 1. The molecule has 0 radical (unpaired) electrons. The molecule has 4 nitrogen and oxygen atoms in total. The lowest BCUT2D eigenvalue weighted by Gasteiger charge is -2.12. The zero-order valence-electron chi connectivity index (χ0n) is 12.1. The fraction of sp³-hybridized carbons (Fsp3) is 0.643. The summed E-state index contributed by atoms with van der Waals surface area (Å²) in [5.74, 6) is 1.68. The van der Waals surface area contributed by atoms with Crippen LogP contribution in [0.3, 0.4) is 0 Å². The van der Waals surface area contributed by atoms with Crippen LogP contribution in [0.5, 0.6) is 0 Å². The summed E-state index contributed by atoms with van der Waals surface area (Å²) in [4.78, 5) is 5.28. The van der Waals surface area contributed by atoms with Gasteiger partial charge < -0.3 is 15.7 Å². The molecule has 21 heavy (non-hydrogen) atoms. The summed E-state index contributed by atoms with van der Waals surface area (Å²) in [5, 5.41) is 16.6. The number of aliphatic hydroxyl groups excluding tert-OH is 1. The van der Waals surface area contributed by atoms with E-state index >= 15 is 0 Å². The third-order valence-corrected chi connectivity index (χ3v) is 4.56. The summed E-state index contributed by atoms with van der Waals surface area (Å²) < 4.78 is 0.692. The maximum atomic E-state index is 10.1. The molecule has 0 aromatic carbocycles. The van der Waals surface area contributed by atoms with Crippen LogP contribution in [-0.4, -0.2) is 30.7 Å². The van der Waals surface area contributed by atoms with E-state index in [-0.39, 0.29) is 24.0 Å². The van der Waals surface area contributed by atoms with Gasteiger partial charge in [-0.15, -0.1) is 35.3 Å². The van der Waals surface area contributed by atoms with Crippen LogP contribution < -0.4 is 10.6 Å². The predicted molar refractivity (Wildman–Crippen MR) is 101 cm³/mol. The fourth-order valence-electron chi connectivity index (χ4n) is 1.92. The number of nitrogens with one attached hydrogen (secondary N) is 2. The Morgan fingerprint density at radius 3 is 2.81 bits per heavy atom. The lowest BCUT2D eigenvalue weighted by molar-refractivity contribution is 0.191. The molecule has 1 aromatic rings. The third-order valence-electron chi connectivity index (χ3n) is 3.23. The van der Waals surface area contributed by atoms with E-state index in [0.717, 1.165) is 29.8 Å². The number of aliphatic hydroxyl groups is 1. The van der Waals surface area contributed by atoms with Gasteiger partial charge in [-0.3, -0.25) is 4.99 Å². The van der Waals surface area contributed by atoms with Crippen molar-refractivity contribution >= 4 is 52.9 Å². The molecule has 1 aliphatic rings. The van der Waals surface area contributed by atoms with Crippen LogP contribution in [0.2, 0.25) is 4.34 Å². The molecule has 0 spiro atoms. The molecule has 1 unspecified atom stereocenters. The van der Waals surface area contributed by atoms with E-state index in [9.17, 15) is 5.11 Å². The van der Waals surface area contributed by atoms with Gasteiger partial charge in [-0.1, -0.05) is 24.4 Å². The summed E-state index contributed by atoms with van der Waals surface area (Å²) in [5.41, 5.74) is 0. The highest BCUT2D eigenvalue weighted by Crippen LogP contribution is 2.31. The lowest BCUT2D eigenvalue weighted by Crippen LogP contribution is -2.38. The molecular formula is C14H23ClIN3OS. The van der Waals surface area contributed by atoms with Gasteiger partial charge in [-0.25, -0.2) is 0 Å². The Balaban J connectivity index is 0.00000220. The predicted octanol–water partition coefficient (Wildman–Crippen LogP) is 3.41. The third kappa shape index (κ3) is 7.17. The minimum atomic E-state index is -0.591. The Bertz CT molecular complexity index is 451. The summed E-state index contributed by atoms with van der Waals surface area (Å²) >= 11 is 7.26. The molecule has 120 valence electrons. The molecule has 1 atom stereocenters. The summed E-state index contributed by atoms with van der Waals surface area (Å²) in [6.07, 6.45) is 3.35. The minimum absolute atomic E-state index is 0. The highest BCUT2D eigenvalue weighted by molar-refractivity contribution is 14.0.